The number of likely N-dealkylation sites (N-methyl/N-ethyl adjacent to an activating group) is 1. The van der Waals surface area contributed by atoms with E-state index >= 15 is 0 Å². The zero-order valence-corrected chi connectivity index (χ0v) is 11.8. The first-order valence-electron chi connectivity index (χ1n) is 7.72. The lowest BCUT2D eigenvalue weighted by Crippen LogP contribution is -2.48. The van der Waals surface area contributed by atoms with Crippen molar-refractivity contribution in [2.45, 2.75) is 70.4 Å². The van der Waals surface area contributed by atoms with E-state index in [-0.39, 0.29) is 0 Å². The van der Waals surface area contributed by atoms with Crippen molar-refractivity contribution in [1.29, 1.82) is 0 Å². The lowest BCUT2D eigenvalue weighted by Gasteiger charge is -2.36. The summed E-state index contributed by atoms with van der Waals surface area (Å²) in [6.45, 7) is 4.87. The molecule has 0 spiro atoms. The Hall–Kier alpha value is -0.0800. The molecule has 1 atom stereocenters. The van der Waals surface area contributed by atoms with Gasteiger partial charge in [-0.3, -0.25) is 0 Å². The Labute approximate surface area is 107 Å². The number of hydrogen-bond donors (Lipinski definition) is 1. The highest BCUT2D eigenvalue weighted by Crippen LogP contribution is 2.28. The van der Waals surface area contributed by atoms with Crippen molar-refractivity contribution in [2.75, 3.05) is 20.1 Å². The number of likely N-dealkylation sites (tertiary alicyclic amines) is 1. The Kier molecular flexibility index (Phi) is 5.30. The van der Waals surface area contributed by atoms with Crippen LogP contribution in [0.1, 0.15) is 58.3 Å². The summed E-state index contributed by atoms with van der Waals surface area (Å²) in [6.07, 6.45) is 11.4. The Morgan fingerprint density at radius 1 is 1.06 bits per heavy atom. The van der Waals surface area contributed by atoms with Crippen LogP contribution in [0.3, 0.4) is 0 Å². The summed E-state index contributed by atoms with van der Waals surface area (Å²) in [5.41, 5.74) is 0. The molecule has 2 fully saturated rings. The highest BCUT2D eigenvalue weighted by atomic mass is 15.1. The predicted molar refractivity (Wildman–Crippen MR) is 74.3 cm³/mol. The normalized spacial score (nSPS) is 36.0. The summed E-state index contributed by atoms with van der Waals surface area (Å²) in [7, 11) is 2.26. The van der Waals surface area contributed by atoms with Gasteiger partial charge in [0.2, 0.25) is 0 Å². The molecule has 1 heterocycles. The molecule has 1 aliphatic carbocycles. The Bertz CT molecular complexity index is 209. The zero-order valence-electron chi connectivity index (χ0n) is 11.8. The molecule has 0 amide bonds. The van der Waals surface area contributed by atoms with Crippen LogP contribution in [0.2, 0.25) is 0 Å². The van der Waals surface area contributed by atoms with Gasteiger partial charge in [0.25, 0.3) is 0 Å². The summed E-state index contributed by atoms with van der Waals surface area (Å²) in [5, 5.41) is 3.91. The highest BCUT2D eigenvalue weighted by Gasteiger charge is 2.24. The second-order valence-corrected chi connectivity index (χ2v) is 6.27. The summed E-state index contributed by atoms with van der Waals surface area (Å²) < 4.78 is 0. The minimum atomic E-state index is 0.765. The molecule has 17 heavy (non-hydrogen) atoms. The van der Waals surface area contributed by atoms with Gasteiger partial charge >= 0.3 is 0 Å². The SMILES string of the molecule is CCCC1CCC(NC2CCCN(C)C2)CC1. The van der Waals surface area contributed by atoms with Gasteiger partial charge in [0, 0.05) is 18.6 Å². The van der Waals surface area contributed by atoms with E-state index in [9.17, 15) is 0 Å². The summed E-state index contributed by atoms with van der Waals surface area (Å²) in [6, 6.07) is 1.58. The van der Waals surface area contributed by atoms with Crippen LogP contribution in [-0.4, -0.2) is 37.1 Å². The molecule has 0 aromatic rings. The highest BCUT2D eigenvalue weighted by molar-refractivity contribution is 4.83. The van der Waals surface area contributed by atoms with Crippen LogP contribution in [0, 0.1) is 5.92 Å². The average molecular weight is 238 g/mol. The van der Waals surface area contributed by atoms with E-state index in [0.717, 1.165) is 18.0 Å². The van der Waals surface area contributed by atoms with Crippen LogP contribution < -0.4 is 5.32 Å². The van der Waals surface area contributed by atoms with Gasteiger partial charge in [-0.25, -0.2) is 0 Å². The fourth-order valence-electron chi connectivity index (χ4n) is 3.66. The van der Waals surface area contributed by atoms with Gasteiger partial charge in [-0.1, -0.05) is 19.8 Å². The summed E-state index contributed by atoms with van der Waals surface area (Å²) >= 11 is 0. The lowest BCUT2D eigenvalue weighted by molar-refractivity contribution is 0.193. The molecular formula is C15H30N2. The van der Waals surface area contributed by atoms with E-state index in [4.69, 9.17) is 0 Å². The van der Waals surface area contributed by atoms with Gasteiger partial charge in [-0.2, -0.15) is 0 Å². The quantitative estimate of drug-likeness (QED) is 0.810. The van der Waals surface area contributed by atoms with Crippen molar-refractivity contribution in [1.82, 2.24) is 10.2 Å². The van der Waals surface area contributed by atoms with Gasteiger partial charge in [0.15, 0.2) is 0 Å². The third kappa shape index (κ3) is 4.26. The molecule has 1 saturated carbocycles. The number of nitrogens with zero attached hydrogens (tertiary/aromatic N) is 1. The molecule has 2 rings (SSSR count). The largest absolute Gasteiger partial charge is 0.310 e. The molecule has 1 unspecified atom stereocenters. The standard InChI is InChI=1S/C15H30N2/c1-3-5-13-7-9-14(10-8-13)16-15-6-4-11-17(2)12-15/h13-16H,3-12H2,1-2H3. The second kappa shape index (κ2) is 6.75. The predicted octanol–water partition coefficient (Wildman–Crippen LogP) is 3.03. The minimum Gasteiger partial charge on any atom is -0.310 e. The maximum absolute atomic E-state index is 3.91. The molecule has 0 aromatic carbocycles. The molecule has 0 bridgehead atoms. The Morgan fingerprint density at radius 2 is 1.82 bits per heavy atom. The summed E-state index contributed by atoms with van der Waals surface area (Å²) in [5.74, 6) is 1.03. The van der Waals surface area contributed by atoms with Crippen LogP contribution in [0.4, 0.5) is 0 Å². The first kappa shape index (κ1) is 13.4. The Morgan fingerprint density at radius 3 is 2.47 bits per heavy atom. The van der Waals surface area contributed by atoms with E-state index in [0.29, 0.717) is 0 Å². The second-order valence-electron chi connectivity index (χ2n) is 6.27. The van der Waals surface area contributed by atoms with Crippen LogP contribution in [0.25, 0.3) is 0 Å². The van der Waals surface area contributed by atoms with Gasteiger partial charge in [-0.15, -0.1) is 0 Å². The molecule has 0 aromatic heterocycles. The van der Waals surface area contributed by atoms with Gasteiger partial charge in [0.1, 0.15) is 0 Å². The Balaban J connectivity index is 1.67. The van der Waals surface area contributed by atoms with Crippen LogP contribution >= 0.6 is 0 Å². The van der Waals surface area contributed by atoms with Gasteiger partial charge < -0.3 is 10.2 Å². The van der Waals surface area contributed by atoms with E-state index in [2.05, 4.69) is 24.2 Å². The maximum Gasteiger partial charge on any atom is 0.0197 e. The number of rotatable bonds is 4. The van der Waals surface area contributed by atoms with E-state index in [1.807, 2.05) is 0 Å². The van der Waals surface area contributed by atoms with Crippen molar-refractivity contribution in [3.05, 3.63) is 0 Å². The van der Waals surface area contributed by atoms with Crippen molar-refractivity contribution in [3.8, 4) is 0 Å². The van der Waals surface area contributed by atoms with Crippen LogP contribution in [-0.2, 0) is 0 Å². The number of piperidine rings is 1. The average Bonchev–Trinajstić information content (AvgIpc) is 2.32. The number of hydrogen-bond acceptors (Lipinski definition) is 2. The van der Waals surface area contributed by atoms with Crippen LogP contribution in [0.5, 0.6) is 0 Å². The van der Waals surface area contributed by atoms with Crippen molar-refractivity contribution < 1.29 is 0 Å². The molecule has 2 nitrogen and oxygen atoms in total. The molecule has 1 aliphatic heterocycles. The molecule has 0 radical (unpaired) electrons. The third-order valence-corrected chi connectivity index (χ3v) is 4.64. The number of nitrogens with one attached hydrogen (secondary N) is 1. The first-order chi connectivity index (χ1) is 8.28. The van der Waals surface area contributed by atoms with Crippen molar-refractivity contribution in [2.24, 2.45) is 5.92 Å². The van der Waals surface area contributed by atoms with E-state index < -0.39 is 0 Å². The van der Waals surface area contributed by atoms with E-state index in [1.165, 1.54) is 64.5 Å². The summed E-state index contributed by atoms with van der Waals surface area (Å²) in [4.78, 5) is 2.48. The van der Waals surface area contributed by atoms with Crippen LogP contribution in [0.15, 0.2) is 0 Å². The molecular weight excluding hydrogens is 208 g/mol. The van der Waals surface area contributed by atoms with E-state index in [1.54, 1.807) is 0 Å². The minimum absolute atomic E-state index is 0.765. The van der Waals surface area contributed by atoms with Crippen molar-refractivity contribution >= 4 is 0 Å². The molecule has 100 valence electrons. The molecule has 1 saturated heterocycles. The molecule has 2 aliphatic rings. The van der Waals surface area contributed by atoms with Crippen molar-refractivity contribution in [3.63, 3.8) is 0 Å². The monoisotopic (exact) mass is 238 g/mol. The zero-order chi connectivity index (χ0) is 12.1. The smallest absolute Gasteiger partial charge is 0.0197 e. The molecule has 1 N–H and O–H groups in total. The van der Waals surface area contributed by atoms with Gasteiger partial charge in [0.05, 0.1) is 0 Å². The maximum atomic E-state index is 3.91. The third-order valence-electron chi connectivity index (χ3n) is 4.64. The lowest BCUT2D eigenvalue weighted by atomic mass is 9.83. The fraction of sp³-hybridized carbons (Fsp3) is 1.00. The van der Waals surface area contributed by atoms with Gasteiger partial charge in [-0.05, 0) is 58.0 Å². The fourth-order valence-corrected chi connectivity index (χ4v) is 3.66. The topological polar surface area (TPSA) is 15.3 Å². The molecule has 2 heteroatoms. The first-order valence-corrected chi connectivity index (χ1v) is 7.72.